The van der Waals surface area contributed by atoms with Gasteiger partial charge in [-0.1, -0.05) is 6.07 Å². The Bertz CT molecular complexity index is 437. The molecule has 0 fully saturated rings. The van der Waals surface area contributed by atoms with Gasteiger partial charge >= 0.3 is 0 Å². The van der Waals surface area contributed by atoms with Gasteiger partial charge in [-0.15, -0.1) is 0 Å². The summed E-state index contributed by atoms with van der Waals surface area (Å²) in [5.74, 6) is 0.502. The van der Waals surface area contributed by atoms with Crippen LogP contribution in [0.25, 0.3) is 10.9 Å². The highest BCUT2D eigenvalue weighted by atomic mass is 16.5. The molecule has 2 aromatic rings. The molecule has 0 aliphatic carbocycles. The third-order valence-corrected chi connectivity index (χ3v) is 1.69. The monoisotopic (exact) mass is 174 g/mol. The van der Waals surface area contributed by atoms with Crippen LogP contribution in [-0.2, 0) is 4.79 Å². The van der Waals surface area contributed by atoms with E-state index in [0.29, 0.717) is 17.7 Å². The van der Waals surface area contributed by atoms with Crippen LogP contribution in [0.5, 0.6) is 5.75 Å². The van der Waals surface area contributed by atoms with Crippen molar-refractivity contribution in [3.05, 3.63) is 30.5 Å². The van der Waals surface area contributed by atoms with Crippen molar-refractivity contribution in [1.82, 2.24) is 10.2 Å². The van der Waals surface area contributed by atoms with Gasteiger partial charge in [-0.3, -0.25) is 4.79 Å². The highest BCUT2D eigenvalue weighted by Gasteiger charge is 2.00. The summed E-state index contributed by atoms with van der Waals surface area (Å²) >= 11 is 0. The van der Waals surface area contributed by atoms with Gasteiger partial charge in [0.05, 0.1) is 11.7 Å². The number of hydrogen-bond acceptors (Lipinski definition) is 4. The average Bonchev–Trinajstić information content (AvgIpc) is 2.19. The zero-order valence-electron chi connectivity index (χ0n) is 6.68. The van der Waals surface area contributed by atoms with E-state index in [1.165, 1.54) is 0 Å². The Morgan fingerprint density at radius 2 is 2.23 bits per heavy atom. The third-order valence-electron chi connectivity index (χ3n) is 1.69. The molecule has 64 valence electrons. The number of nitrogens with zero attached hydrogens (tertiary/aromatic N) is 2. The number of carbonyl (C=O) groups excluding carboxylic acids is 1. The molecule has 1 aromatic heterocycles. The number of benzene rings is 1. The van der Waals surface area contributed by atoms with Crippen LogP contribution >= 0.6 is 0 Å². The molecule has 4 heteroatoms. The third kappa shape index (κ3) is 1.33. The van der Waals surface area contributed by atoms with Crippen LogP contribution in [0.4, 0.5) is 0 Å². The number of hydrogen-bond donors (Lipinski definition) is 0. The Morgan fingerprint density at radius 3 is 3.08 bits per heavy atom. The van der Waals surface area contributed by atoms with Crippen molar-refractivity contribution >= 4 is 17.4 Å². The maximum absolute atomic E-state index is 10.2. The van der Waals surface area contributed by atoms with Gasteiger partial charge in [0.1, 0.15) is 5.75 Å². The zero-order chi connectivity index (χ0) is 9.10. The molecule has 0 unspecified atom stereocenters. The maximum atomic E-state index is 10.2. The number of carbonyl (C=O) groups is 1. The molecule has 0 bridgehead atoms. The van der Waals surface area contributed by atoms with Gasteiger partial charge in [-0.05, 0) is 18.2 Å². The minimum Gasteiger partial charge on any atom is -0.428 e. The highest BCUT2D eigenvalue weighted by molar-refractivity contribution is 5.85. The van der Waals surface area contributed by atoms with E-state index in [-0.39, 0.29) is 0 Å². The van der Waals surface area contributed by atoms with Crippen LogP contribution in [0.15, 0.2) is 30.5 Å². The fourth-order valence-corrected chi connectivity index (χ4v) is 1.15. The first kappa shape index (κ1) is 7.67. The first-order valence-electron chi connectivity index (χ1n) is 3.72. The summed E-state index contributed by atoms with van der Waals surface area (Å²) in [6.07, 6.45) is 1.56. The van der Waals surface area contributed by atoms with E-state index in [2.05, 4.69) is 10.2 Å². The number of rotatable bonds is 2. The number of fused-ring (bicyclic) bond motifs is 1. The molecule has 2 rings (SSSR count). The lowest BCUT2D eigenvalue weighted by Crippen LogP contribution is -1.90. The molecule has 0 saturated heterocycles. The van der Waals surface area contributed by atoms with Gasteiger partial charge < -0.3 is 4.74 Å². The molecule has 0 N–H and O–H groups in total. The topological polar surface area (TPSA) is 52.1 Å². The molecule has 13 heavy (non-hydrogen) atoms. The maximum Gasteiger partial charge on any atom is 0.298 e. The van der Waals surface area contributed by atoms with Crippen molar-refractivity contribution < 1.29 is 9.53 Å². The van der Waals surface area contributed by atoms with Crippen molar-refractivity contribution in [2.45, 2.75) is 0 Å². The van der Waals surface area contributed by atoms with Gasteiger partial charge in [-0.2, -0.15) is 10.2 Å². The van der Waals surface area contributed by atoms with Gasteiger partial charge in [-0.25, -0.2) is 0 Å². The predicted octanol–water partition coefficient (Wildman–Crippen LogP) is 1.16. The van der Waals surface area contributed by atoms with Crippen LogP contribution in [0.3, 0.4) is 0 Å². The summed E-state index contributed by atoms with van der Waals surface area (Å²) in [5, 5.41) is 8.38. The molecule has 0 aliphatic heterocycles. The van der Waals surface area contributed by atoms with Crippen LogP contribution in [-0.4, -0.2) is 16.7 Å². The molecular formula is C9H6N2O2. The quantitative estimate of drug-likeness (QED) is 0.641. The van der Waals surface area contributed by atoms with Gasteiger partial charge in [0.15, 0.2) is 0 Å². The van der Waals surface area contributed by atoms with E-state index in [1.54, 1.807) is 30.5 Å². The molecule has 0 atom stereocenters. The minimum atomic E-state index is 0.398. The standard InChI is InChI=1S/C9H6N2O2/c12-6-13-9-3-1-2-8-7(9)4-5-10-11-8/h1-6H. The van der Waals surface area contributed by atoms with Gasteiger partial charge in [0.2, 0.25) is 0 Å². The van der Waals surface area contributed by atoms with E-state index in [0.717, 1.165) is 5.39 Å². The lowest BCUT2D eigenvalue weighted by Gasteiger charge is -2.00. The second-order valence-electron chi connectivity index (χ2n) is 2.43. The van der Waals surface area contributed by atoms with E-state index >= 15 is 0 Å². The highest BCUT2D eigenvalue weighted by Crippen LogP contribution is 2.22. The fraction of sp³-hybridized carbons (Fsp3) is 0. The second kappa shape index (κ2) is 3.18. The fourth-order valence-electron chi connectivity index (χ4n) is 1.15. The molecule has 0 radical (unpaired) electrons. The smallest absolute Gasteiger partial charge is 0.298 e. The summed E-state index contributed by atoms with van der Waals surface area (Å²) in [5.41, 5.74) is 0.710. The Hall–Kier alpha value is -1.97. The first-order chi connectivity index (χ1) is 6.42. The Kier molecular flexibility index (Phi) is 1.88. The first-order valence-corrected chi connectivity index (χ1v) is 3.72. The van der Waals surface area contributed by atoms with Crippen molar-refractivity contribution in [2.75, 3.05) is 0 Å². The number of ether oxygens (including phenoxy) is 1. The van der Waals surface area contributed by atoms with Gasteiger partial charge in [0, 0.05) is 5.39 Å². The molecule has 0 spiro atoms. The summed E-state index contributed by atoms with van der Waals surface area (Å²) < 4.78 is 4.77. The molecular weight excluding hydrogens is 168 g/mol. The normalized spacial score (nSPS) is 9.85. The van der Waals surface area contributed by atoms with Crippen LogP contribution in [0, 0.1) is 0 Å². The predicted molar refractivity (Wildman–Crippen MR) is 46.2 cm³/mol. The Labute approximate surface area is 74.2 Å². The van der Waals surface area contributed by atoms with Crippen molar-refractivity contribution in [2.24, 2.45) is 0 Å². The van der Waals surface area contributed by atoms with Crippen molar-refractivity contribution in [3.63, 3.8) is 0 Å². The summed E-state index contributed by atoms with van der Waals surface area (Å²) in [7, 11) is 0. The Balaban J connectivity index is 2.68. The molecule has 0 amide bonds. The van der Waals surface area contributed by atoms with Crippen molar-refractivity contribution in [3.8, 4) is 5.75 Å². The average molecular weight is 174 g/mol. The van der Waals surface area contributed by atoms with E-state index in [1.807, 2.05) is 0 Å². The van der Waals surface area contributed by atoms with E-state index in [4.69, 9.17) is 4.74 Å². The van der Waals surface area contributed by atoms with Crippen LogP contribution in [0.1, 0.15) is 0 Å². The lowest BCUT2D eigenvalue weighted by molar-refractivity contribution is -0.120. The Morgan fingerprint density at radius 1 is 1.31 bits per heavy atom. The van der Waals surface area contributed by atoms with Crippen LogP contribution < -0.4 is 4.74 Å². The summed E-state index contributed by atoms with van der Waals surface area (Å²) in [6, 6.07) is 7.02. The minimum absolute atomic E-state index is 0.398. The molecule has 1 heterocycles. The van der Waals surface area contributed by atoms with E-state index < -0.39 is 0 Å². The number of aromatic nitrogens is 2. The lowest BCUT2D eigenvalue weighted by atomic mass is 10.2. The molecule has 4 nitrogen and oxygen atoms in total. The van der Waals surface area contributed by atoms with Crippen molar-refractivity contribution in [1.29, 1.82) is 0 Å². The second-order valence-corrected chi connectivity index (χ2v) is 2.43. The molecule has 0 saturated carbocycles. The molecule has 1 aromatic carbocycles. The van der Waals surface area contributed by atoms with E-state index in [9.17, 15) is 4.79 Å². The summed E-state index contributed by atoms with van der Waals surface area (Å²) in [4.78, 5) is 10.2. The largest absolute Gasteiger partial charge is 0.428 e. The summed E-state index contributed by atoms with van der Waals surface area (Å²) in [6.45, 7) is 0.398. The van der Waals surface area contributed by atoms with Gasteiger partial charge in [0.25, 0.3) is 6.47 Å². The van der Waals surface area contributed by atoms with Crippen LogP contribution in [0.2, 0.25) is 0 Å². The SMILES string of the molecule is O=COc1cccc2nnccc12. The molecule has 0 aliphatic rings. The zero-order valence-corrected chi connectivity index (χ0v) is 6.68.